The van der Waals surface area contributed by atoms with Gasteiger partial charge in [-0.25, -0.2) is 0 Å². The van der Waals surface area contributed by atoms with E-state index in [2.05, 4.69) is 25.9 Å². The minimum Gasteiger partial charge on any atom is -0.362 e. The smallest absolute Gasteiger partial charge is 0.200 e. The van der Waals surface area contributed by atoms with Gasteiger partial charge in [0, 0.05) is 0 Å². The molecule has 8 heteroatoms. The summed E-state index contributed by atoms with van der Waals surface area (Å²) in [6.45, 7) is 0. The number of rotatable bonds is 2. The number of halogens is 2. The monoisotopic (exact) mass is 320 g/mol. The van der Waals surface area contributed by atoms with Gasteiger partial charge in [0.2, 0.25) is 0 Å². The maximum absolute atomic E-state index is 6.26. The molecule has 2 aromatic heterocycles. The van der Waals surface area contributed by atoms with Gasteiger partial charge in [-0.05, 0) is 52.6 Å². The van der Waals surface area contributed by atoms with Crippen molar-refractivity contribution in [3.8, 4) is 0 Å². The molecule has 1 N–H and O–H groups in total. The third-order valence-electron chi connectivity index (χ3n) is 3.68. The Bertz CT molecular complexity index is 831. The number of hydrogen-bond donors (Lipinski definition) is 1. The molecule has 0 fully saturated rings. The molecule has 0 aliphatic heterocycles. The lowest BCUT2D eigenvalue weighted by Gasteiger charge is -2.15. The first-order valence-corrected chi connectivity index (χ1v) is 7.27. The van der Waals surface area contributed by atoms with Crippen LogP contribution >= 0.6 is 23.2 Å². The summed E-state index contributed by atoms with van der Waals surface area (Å²) in [7, 11) is 0. The molecule has 1 atom stereocenters. The maximum Gasteiger partial charge on any atom is 0.200 e. The van der Waals surface area contributed by atoms with Crippen LogP contribution in [0.25, 0.3) is 5.65 Å². The van der Waals surface area contributed by atoms with Crippen molar-refractivity contribution in [2.24, 2.45) is 0 Å². The largest absolute Gasteiger partial charge is 0.362 e. The SMILES string of the molecule is Clc1ccc2c(c1Cl)CCC2Nc1ccc2nnnn2n1. The summed E-state index contributed by atoms with van der Waals surface area (Å²) in [4.78, 5) is 0. The quantitative estimate of drug-likeness (QED) is 0.786. The molecule has 106 valence electrons. The number of tetrazole rings is 1. The molecule has 0 spiro atoms. The molecule has 3 aromatic rings. The molecule has 1 unspecified atom stereocenters. The van der Waals surface area contributed by atoms with Crippen molar-refractivity contribution < 1.29 is 0 Å². The van der Waals surface area contributed by atoms with Gasteiger partial charge >= 0.3 is 0 Å². The second-order valence-electron chi connectivity index (χ2n) is 4.91. The van der Waals surface area contributed by atoms with Crippen LogP contribution < -0.4 is 5.32 Å². The number of nitrogens with zero attached hydrogens (tertiary/aromatic N) is 5. The van der Waals surface area contributed by atoms with Gasteiger partial charge < -0.3 is 5.32 Å². The first-order valence-electron chi connectivity index (χ1n) is 6.51. The molecular formula is C13H10Cl2N6. The second-order valence-corrected chi connectivity index (χ2v) is 5.70. The van der Waals surface area contributed by atoms with Crippen molar-refractivity contribution in [3.05, 3.63) is 45.4 Å². The molecule has 0 radical (unpaired) electrons. The van der Waals surface area contributed by atoms with Crippen LogP contribution in [-0.4, -0.2) is 25.3 Å². The van der Waals surface area contributed by atoms with Crippen molar-refractivity contribution in [3.63, 3.8) is 0 Å². The zero-order chi connectivity index (χ0) is 14.4. The molecular weight excluding hydrogens is 311 g/mol. The molecule has 0 saturated carbocycles. The topological polar surface area (TPSA) is 68.0 Å². The average molecular weight is 321 g/mol. The Balaban J connectivity index is 1.66. The van der Waals surface area contributed by atoms with Gasteiger partial charge in [0.1, 0.15) is 5.82 Å². The van der Waals surface area contributed by atoms with Crippen LogP contribution in [0.3, 0.4) is 0 Å². The minimum absolute atomic E-state index is 0.163. The van der Waals surface area contributed by atoms with Crippen LogP contribution in [0.4, 0.5) is 5.82 Å². The molecule has 1 aromatic carbocycles. The molecule has 21 heavy (non-hydrogen) atoms. The molecule has 0 bridgehead atoms. The maximum atomic E-state index is 6.26. The second kappa shape index (κ2) is 4.82. The standard InChI is InChI=1S/C13H10Cl2N6/c14-9-3-1-7-8(13(9)15)2-4-10(7)16-11-5-6-12-17-19-20-21(12)18-11/h1,3,5-6,10H,2,4H2,(H,16,18). The zero-order valence-corrected chi connectivity index (χ0v) is 12.3. The molecule has 0 amide bonds. The van der Waals surface area contributed by atoms with Crippen LogP contribution in [0.1, 0.15) is 23.6 Å². The first-order chi connectivity index (χ1) is 10.2. The third kappa shape index (κ3) is 2.11. The number of nitrogens with one attached hydrogen (secondary N) is 1. The van der Waals surface area contributed by atoms with Crippen molar-refractivity contribution in [2.75, 3.05) is 5.32 Å². The van der Waals surface area contributed by atoms with Crippen LogP contribution in [0, 0.1) is 0 Å². The predicted molar refractivity (Wildman–Crippen MR) is 79.7 cm³/mol. The lowest BCUT2D eigenvalue weighted by molar-refractivity contribution is 0.713. The molecule has 2 heterocycles. The highest BCUT2D eigenvalue weighted by Gasteiger charge is 2.25. The Labute approximate surface area is 130 Å². The number of anilines is 1. The summed E-state index contributed by atoms with van der Waals surface area (Å²) in [6.07, 6.45) is 1.85. The zero-order valence-electron chi connectivity index (χ0n) is 10.8. The van der Waals surface area contributed by atoms with Crippen LogP contribution in [-0.2, 0) is 6.42 Å². The molecule has 4 rings (SSSR count). The van der Waals surface area contributed by atoms with E-state index in [1.54, 1.807) is 0 Å². The average Bonchev–Trinajstić information content (AvgIpc) is 3.10. The Morgan fingerprint density at radius 3 is 3.00 bits per heavy atom. The number of benzene rings is 1. The van der Waals surface area contributed by atoms with Gasteiger partial charge in [-0.1, -0.05) is 29.3 Å². The van der Waals surface area contributed by atoms with E-state index in [1.807, 2.05) is 24.3 Å². The van der Waals surface area contributed by atoms with E-state index in [9.17, 15) is 0 Å². The highest BCUT2D eigenvalue weighted by Crippen LogP contribution is 2.40. The lowest BCUT2D eigenvalue weighted by atomic mass is 10.1. The van der Waals surface area contributed by atoms with E-state index in [0.717, 1.165) is 24.2 Å². The summed E-state index contributed by atoms with van der Waals surface area (Å²) in [5.41, 5.74) is 2.90. The fraction of sp³-hybridized carbons (Fsp3) is 0.231. The Hall–Kier alpha value is -1.92. The van der Waals surface area contributed by atoms with Gasteiger partial charge in [0.25, 0.3) is 0 Å². The third-order valence-corrected chi connectivity index (χ3v) is 4.53. The van der Waals surface area contributed by atoms with Gasteiger partial charge in [0.05, 0.1) is 16.1 Å². The predicted octanol–water partition coefficient (Wildman–Crippen LogP) is 2.93. The minimum atomic E-state index is 0.163. The lowest BCUT2D eigenvalue weighted by Crippen LogP contribution is -2.10. The highest BCUT2D eigenvalue weighted by molar-refractivity contribution is 6.42. The van der Waals surface area contributed by atoms with E-state index in [0.29, 0.717) is 15.7 Å². The molecule has 1 aliphatic carbocycles. The molecule has 6 nitrogen and oxygen atoms in total. The van der Waals surface area contributed by atoms with Crippen molar-refractivity contribution >= 4 is 34.7 Å². The van der Waals surface area contributed by atoms with Crippen LogP contribution in [0.2, 0.25) is 10.0 Å². The van der Waals surface area contributed by atoms with Gasteiger partial charge in [-0.3, -0.25) is 0 Å². The Morgan fingerprint density at radius 1 is 1.19 bits per heavy atom. The highest BCUT2D eigenvalue weighted by atomic mass is 35.5. The molecule has 0 saturated heterocycles. The van der Waals surface area contributed by atoms with E-state index < -0.39 is 0 Å². The fourth-order valence-electron chi connectivity index (χ4n) is 2.69. The normalized spacial score (nSPS) is 17.1. The summed E-state index contributed by atoms with van der Waals surface area (Å²) in [5.74, 6) is 0.721. The van der Waals surface area contributed by atoms with Gasteiger partial charge in [0.15, 0.2) is 5.65 Å². The van der Waals surface area contributed by atoms with Gasteiger partial charge in [-0.15, -0.1) is 14.8 Å². The van der Waals surface area contributed by atoms with E-state index in [1.165, 1.54) is 10.2 Å². The van der Waals surface area contributed by atoms with E-state index >= 15 is 0 Å². The number of fused-ring (bicyclic) bond motifs is 2. The van der Waals surface area contributed by atoms with Crippen LogP contribution in [0.15, 0.2) is 24.3 Å². The molecule has 1 aliphatic rings. The Kier molecular flexibility index (Phi) is 2.94. The van der Waals surface area contributed by atoms with Gasteiger partial charge in [-0.2, -0.15) is 0 Å². The van der Waals surface area contributed by atoms with E-state index in [4.69, 9.17) is 23.2 Å². The van der Waals surface area contributed by atoms with Crippen LogP contribution in [0.5, 0.6) is 0 Å². The fourth-order valence-corrected chi connectivity index (χ4v) is 3.13. The van der Waals surface area contributed by atoms with E-state index in [-0.39, 0.29) is 6.04 Å². The Morgan fingerprint density at radius 2 is 2.10 bits per heavy atom. The number of hydrogen-bond acceptors (Lipinski definition) is 5. The first kappa shape index (κ1) is 12.8. The number of aromatic nitrogens is 5. The summed E-state index contributed by atoms with van der Waals surface area (Å²) in [5, 5.41) is 20.2. The summed E-state index contributed by atoms with van der Waals surface area (Å²) >= 11 is 12.3. The van der Waals surface area contributed by atoms with Crippen molar-refractivity contribution in [1.82, 2.24) is 25.3 Å². The summed E-state index contributed by atoms with van der Waals surface area (Å²) in [6, 6.07) is 7.70. The van der Waals surface area contributed by atoms with Crippen molar-refractivity contribution in [1.29, 1.82) is 0 Å². The summed E-state index contributed by atoms with van der Waals surface area (Å²) < 4.78 is 1.40. The van der Waals surface area contributed by atoms with Crippen molar-refractivity contribution in [2.45, 2.75) is 18.9 Å².